The molecule has 1 heterocycles. The summed E-state index contributed by atoms with van der Waals surface area (Å²) >= 11 is 3.57. The SMILES string of the molecule is CC1=C(C)N(c2ccccc2)C(c2ccc(Br)cc2)N(c2ccccc2)C1. The summed E-state index contributed by atoms with van der Waals surface area (Å²) in [4.78, 5) is 4.94. The Balaban J connectivity index is 1.90. The number of hydrogen-bond donors (Lipinski definition) is 0. The Labute approximate surface area is 169 Å². The van der Waals surface area contributed by atoms with Crippen molar-refractivity contribution in [3.63, 3.8) is 0 Å². The number of para-hydroxylation sites is 2. The van der Waals surface area contributed by atoms with Crippen LogP contribution in [0.2, 0.25) is 0 Å². The lowest BCUT2D eigenvalue weighted by Crippen LogP contribution is -2.46. The average molecular weight is 419 g/mol. The van der Waals surface area contributed by atoms with Gasteiger partial charge in [-0.1, -0.05) is 64.5 Å². The molecule has 136 valence electrons. The maximum absolute atomic E-state index is 3.57. The van der Waals surface area contributed by atoms with Crippen molar-refractivity contribution in [2.45, 2.75) is 20.0 Å². The zero-order valence-electron chi connectivity index (χ0n) is 15.6. The Bertz CT molecular complexity index is 933. The fraction of sp³-hybridized carbons (Fsp3) is 0.167. The van der Waals surface area contributed by atoms with Gasteiger partial charge in [0.15, 0.2) is 0 Å². The van der Waals surface area contributed by atoms with Gasteiger partial charge in [0.1, 0.15) is 6.17 Å². The molecule has 0 aliphatic carbocycles. The van der Waals surface area contributed by atoms with E-state index in [1.807, 2.05) is 0 Å². The number of allylic oxidation sites excluding steroid dienone is 1. The second-order valence-corrected chi connectivity index (χ2v) is 7.88. The Hall–Kier alpha value is -2.52. The molecule has 1 aliphatic rings. The normalized spacial score (nSPS) is 17.4. The van der Waals surface area contributed by atoms with Crippen molar-refractivity contribution in [2.75, 3.05) is 16.3 Å². The van der Waals surface area contributed by atoms with E-state index in [2.05, 4.69) is 125 Å². The van der Waals surface area contributed by atoms with Gasteiger partial charge in [-0.05, 0) is 61.4 Å². The molecule has 0 fully saturated rings. The second-order valence-electron chi connectivity index (χ2n) is 6.96. The molecule has 0 saturated carbocycles. The van der Waals surface area contributed by atoms with E-state index in [0.29, 0.717) is 0 Å². The number of rotatable bonds is 3. The molecular formula is C24H23BrN2. The smallest absolute Gasteiger partial charge is 0.132 e. The highest BCUT2D eigenvalue weighted by Gasteiger charge is 2.33. The number of halogens is 1. The largest absolute Gasteiger partial charge is 0.343 e. The van der Waals surface area contributed by atoms with Crippen LogP contribution in [0.4, 0.5) is 11.4 Å². The Kier molecular flexibility index (Phi) is 5.04. The number of benzene rings is 3. The molecule has 0 radical (unpaired) electrons. The van der Waals surface area contributed by atoms with E-state index in [-0.39, 0.29) is 6.17 Å². The van der Waals surface area contributed by atoms with Crippen LogP contribution in [0.3, 0.4) is 0 Å². The number of nitrogens with zero attached hydrogens (tertiary/aromatic N) is 2. The lowest BCUT2D eigenvalue weighted by atomic mass is 10.0. The van der Waals surface area contributed by atoms with Crippen LogP contribution in [0.1, 0.15) is 25.6 Å². The summed E-state index contributed by atoms with van der Waals surface area (Å²) < 4.78 is 1.10. The van der Waals surface area contributed by atoms with Crippen molar-refractivity contribution in [1.82, 2.24) is 0 Å². The van der Waals surface area contributed by atoms with Gasteiger partial charge >= 0.3 is 0 Å². The maximum Gasteiger partial charge on any atom is 0.132 e. The molecule has 0 aromatic heterocycles. The monoisotopic (exact) mass is 418 g/mol. The minimum absolute atomic E-state index is 0.103. The summed E-state index contributed by atoms with van der Waals surface area (Å²) in [6, 6.07) is 30.1. The molecule has 1 aliphatic heterocycles. The molecule has 0 N–H and O–H groups in total. The lowest BCUT2D eigenvalue weighted by molar-refractivity contribution is 0.594. The van der Waals surface area contributed by atoms with Crippen molar-refractivity contribution in [1.29, 1.82) is 0 Å². The molecule has 0 bridgehead atoms. The van der Waals surface area contributed by atoms with Crippen LogP contribution in [-0.4, -0.2) is 6.54 Å². The van der Waals surface area contributed by atoms with Gasteiger partial charge in [-0.25, -0.2) is 0 Å². The topological polar surface area (TPSA) is 6.48 Å². The molecular weight excluding hydrogens is 396 g/mol. The molecule has 3 aromatic carbocycles. The summed E-state index contributed by atoms with van der Waals surface area (Å²) in [7, 11) is 0. The van der Waals surface area contributed by atoms with E-state index in [4.69, 9.17) is 0 Å². The van der Waals surface area contributed by atoms with E-state index < -0.39 is 0 Å². The first-order valence-corrected chi connectivity index (χ1v) is 10.0. The first-order valence-electron chi connectivity index (χ1n) is 9.23. The third-order valence-electron chi connectivity index (χ3n) is 5.22. The maximum atomic E-state index is 3.57. The second kappa shape index (κ2) is 7.61. The molecule has 3 heteroatoms. The van der Waals surface area contributed by atoms with E-state index in [0.717, 1.165) is 11.0 Å². The van der Waals surface area contributed by atoms with Gasteiger partial charge in [0.05, 0.1) is 0 Å². The van der Waals surface area contributed by atoms with Gasteiger partial charge in [0.2, 0.25) is 0 Å². The first kappa shape index (κ1) is 17.9. The van der Waals surface area contributed by atoms with Crippen LogP contribution in [-0.2, 0) is 0 Å². The van der Waals surface area contributed by atoms with Crippen molar-refractivity contribution in [3.05, 3.63) is 106 Å². The average Bonchev–Trinajstić information content (AvgIpc) is 2.71. The van der Waals surface area contributed by atoms with E-state index >= 15 is 0 Å². The van der Waals surface area contributed by atoms with Crippen LogP contribution < -0.4 is 9.80 Å². The molecule has 27 heavy (non-hydrogen) atoms. The summed E-state index contributed by atoms with van der Waals surface area (Å²) in [5.41, 5.74) is 6.43. The predicted octanol–water partition coefficient (Wildman–Crippen LogP) is 6.77. The first-order chi connectivity index (χ1) is 13.1. The van der Waals surface area contributed by atoms with Crippen molar-refractivity contribution in [2.24, 2.45) is 0 Å². The number of hydrogen-bond acceptors (Lipinski definition) is 2. The van der Waals surface area contributed by atoms with E-state index in [9.17, 15) is 0 Å². The van der Waals surface area contributed by atoms with Crippen molar-refractivity contribution < 1.29 is 0 Å². The highest BCUT2D eigenvalue weighted by molar-refractivity contribution is 9.10. The minimum atomic E-state index is 0.103. The lowest BCUT2D eigenvalue weighted by Gasteiger charge is -2.47. The standard InChI is InChI=1S/C24H23BrN2/c1-18-17-26(22-9-5-3-6-10-22)24(20-13-15-21(25)16-14-20)27(19(18)2)23-11-7-4-8-12-23/h3-16,24H,17H2,1-2H3. The van der Waals surface area contributed by atoms with Gasteiger partial charge in [-0.2, -0.15) is 0 Å². The number of anilines is 2. The molecule has 0 saturated heterocycles. The molecule has 1 unspecified atom stereocenters. The predicted molar refractivity (Wildman–Crippen MR) is 118 cm³/mol. The van der Waals surface area contributed by atoms with Crippen LogP contribution in [0.25, 0.3) is 0 Å². The summed E-state index contributed by atoms with van der Waals surface area (Å²) in [5, 5.41) is 0. The zero-order chi connectivity index (χ0) is 18.8. The Morgan fingerprint density at radius 1 is 0.741 bits per heavy atom. The van der Waals surface area contributed by atoms with Gasteiger partial charge < -0.3 is 9.80 Å². The Morgan fingerprint density at radius 2 is 1.30 bits per heavy atom. The molecule has 3 aromatic rings. The molecule has 2 nitrogen and oxygen atoms in total. The van der Waals surface area contributed by atoms with Gasteiger partial charge in [-0.3, -0.25) is 0 Å². The molecule has 0 amide bonds. The summed E-state index contributed by atoms with van der Waals surface area (Å²) in [5.74, 6) is 0. The van der Waals surface area contributed by atoms with Crippen LogP contribution >= 0.6 is 15.9 Å². The van der Waals surface area contributed by atoms with Crippen molar-refractivity contribution >= 4 is 27.3 Å². The fourth-order valence-corrected chi connectivity index (χ4v) is 3.99. The minimum Gasteiger partial charge on any atom is -0.343 e. The van der Waals surface area contributed by atoms with E-state index in [1.54, 1.807) is 0 Å². The highest BCUT2D eigenvalue weighted by Crippen LogP contribution is 2.41. The van der Waals surface area contributed by atoms with Crippen LogP contribution in [0.5, 0.6) is 0 Å². The molecule has 0 spiro atoms. The van der Waals surface area contributed by atoms with E-state index in [1.165, 1.54) is 28.2 Å². The third-order valence-corrected chi connectivity index (χ3v) is 5.75. The van der Waals surface area contributed by atoms with Gasteiger partial charge in [0.25, 0.3) is 0 Å². The fourth-order valence-electron chi connectivity index (χ4n) is 3.72. The van der Waals surface area contributed by atoms with Crippen LogP contribution in [0.15, 0.2) is 101 Å². The van der Waals surface area contributed by atoms with Crippen LogP contribution in [0, 0.1) is 0 Å². The molecule has 1 atom stereocenters. The zero-order valence-corrected chi connectivity index (χ0v) is 17.2. The Morgan fingerprint density at radius 3 is 1.89 bits per heavy atom. The van der Waals surface area contributed by atoms with Crippen molar-refractivity contribution in [3.8, 4) is 0 Å². The van der Waals surface area contributed by atoms with Gasteiger partial charge in [0, 0.05) is 28.1 Å². The third kappa shape index (κ3) is 3.52. The van der Waals surface area contributed by atoms with Gasteiger partial charge in [-0.15, -0.1) is 0 Å². The molecule has 4 rings (SSSR count). The summed E-state index contributed by atoms with van der Waals surface area (Å²) in [6.45, 7) is 5.38. The quantitative estimate of drug-likeness (QED) is 0.462. The highest BCUT2D eigenvalue weighted by atomic mass is 79.9. The summed E-state index contributed by atoms with van der Waals surface area (Å²) in [6.07, 6.45) is 0.103.